The Labute approximate surface area is 117 Å². The van der Waals surface area contributed by atoms with E-state index in [4.69, 9.17) is 9.47 Å². The summed E-state index contributed by atoms with van der Waals surface area (Å²) in [6.45, 7) is 3.57. The minimum absolute atomic E-state index is 0.752. The minimum Gasteiger partial charge on any atom is -0.493 e. The topological polar surface area (TPSA) is 43.4 Å². The summed E-state index contributed by atoms with van der Waals surface area (Å²) in [7, 11) is 3.29. The van der Waals surface area contributed by atoms with Crippen molar-refractivity contribution in [1.29, 1.82) is 0 Å². The fourth-order valence-corrected chi connectivity index (χ4v) is 2.53. The third-order valence-electron chi connectivity index (χ3n) is 2.72. The molecule has 0 aliphatic rings. The third kappa shape index (κ3) is 3.68. The van der Waals surface area contributed by atoms with Crippen LogP contribution in [0.2, 0.25) is 0 Å². The molecule has 5 heteroatoms. The van der Waals surface area contributed by atoms with Crippen LogP contribution in [0.25, 0.3) is 0 Å². The van der Waals surface area contributed by atoms with Gasteiger partial charge in [-0.2, -0.15) is 0 Å². The average Bonchev–Trinajstić information content (AvgIpc) is 2.84. The number of rotatable bonds is 6. The molecule has 0 amide bonds. The van der Waals surface area contributed by atoms with Crippen molar-refractivity contribution >= 4 is 11.3 Å². The van der Waals surface area contributed by atoms with E-state index in [0.717, 1.165) is 40.9 Å². The molecule has 0 aliphatic heterocycles. The molecule has 102 valence electrons. The highest BCUT2D eigenvalue weighted by Crippen LogP contribution is 2.27. The summed E-state index contributed by atoms with van der Waals surface area (Å²) in [4.78, 5) is 4.41. The number of nitrogens with one attached hydrogen (secondary N) is 1. The van der Waals surface area contributed by atoms with Gasteiger partial charge in [-0.15, -0.1) is 11.3 Å². The van der Waals surface area contributed by atoms with Gasteiger partial charge in [0.1, 0.15) is 5.01 Å². The highest BCUT2D eigenvalue weighted by atomic mass is 32.1. The molecule has 0 saturated carbocycles. The summed E-state index contributed by atoms with van der Waals surface area (Å²) < 4.78 is 10.5. The molecule has 1 aromatic heterocycles. The van der Waals surface area contributed by atoms with E-state index in [-0.39, 0.29) is 0 Å². The molecule has 1 heterocycles. The van der Waals surface area contributed by atoms with Crippen molar-refractivity contribution in [2.75, 3.05) is 14.2 Å². The lowest BCUT2D eigenvalue weighted by molar-refractivity contribution is 0.354. The van der Waals surface area contributed by atoms with E-state index >= 15 is 0 Å². The van der Waals surface area contributed by atoms with Gasteiger partial charge in [0, 0.05) is 24.2 Å². The second-order valence-corrected chi connectivity index (χ2v) is 5.12. The first-order valence-electron chi connectivity index (χ1n) is 6.05. The van der Waals surface area contributed by atoms with Crippen molar-refractivity contribution in [3.05, 3.63) is 39.8 Å². The predicted octanol–water partition coefficient (Wildman–Crippen LogP) is 2.76. The maximum absolute atomic E-state index is 5.28. The van der Waals surface area contributed by atoms with Crippen molar-refractivity contribution in [3.8, 4) is 11.5 Å². The summed E-state index contributed by atoms with van der Waals surface area (Å²) in [5, 5.41) is 6.54. The fraction of sp³-hybridized carbons (Fsp3) is 0.357. The average molecular weight is 278 g/mol. The third-order valence-corrected chi connectivity index (χ3v) is 3.69. The van der Waals surface area contributed by atoms with Gasteiger partial charge in [0.2, 0.25) is 0 Å². The SMILES string of the molecule is COc1ccc(CNCc2nc(C)cs2)cc1OC. The number of hydrogen-bond acceptors (Lipinski definition) is 5. The Morgan fingerprint density at radius 3 is 2.58 bits per heavy atom. The summed E-state index contributed by atoms with van der Waals surface area (Å²) in [5.41, 5.74) is 2.24. The monoisotopic (exact) mass is 278 g/mol. The minimum atomic E-state index is 0.752. The fourth-order valence-electron chi connectivity index (χ4n) is 1.79. The Kier molecular flexibility index (Phi) is 4.76. The van der Waals surface area contributed by atoms with Crippen molar-refractivity contribution in [3.63, 3.8) is 0 Å². The number of methoxy groups -OCH3 is 2. The summed E-state index contributed by atoms with van der Waals surface area (Å²) in [6.07, 6.45) is 0. The van der Waals surface area contributed by atoms with Gasteiger partial charge in [-0.05, 0) is 24.6 Å². The largest absolute Gasteiger partial charge is 0.493 e. The van der Waals surface area contributed by atoms with Crippen LogP contribution < -0.4 is 14.8 Å². The molecule has 0 bridgehead atoms. The van der Waals surface area contributed by atoms with Gasteiger partial charge < -0.3 is 14.8 Å². The zero-order chi connectivity index (χ0) is 13.7. The second-order valence-electron chi connectivity index (χ2n) is 4.18. The van der Waals surface area contributed by atoms with Crippen LogP contribution in [0.5, 0.6) is 11.5 Å². The number of ether oxygens (including phenoxy) is 2. The van der Waals surface area contributed by atoms with E-state index in [2.05, 4.69) is 15.7 Å². The molecule has 0 aliphatic carbocycles. The van der Waals surface area contributed by atoms with Crippen LogP contribution in [0.3, 0.4) is 0 Å². The smallest absolute Gasteiger partial charge is 0.161 e. The lowest BCUT2D eigenvalue weighted by Gasteiger charge is -2.09. The van der Waals surface area contributed by atoms with Gasteiger partial charge in [0.15, 0.2) is 11.5 Å². The first-order chi connectivity index (χ1) is 9.22. The summed E-state index contributed by atoms with van der Waals surface area (Å²) in [6, 6.07) is 5.93. The van der Waals surface area contributed by atoms with E-state index in [0.29, 0.717) is 0 Å². The van der Waals surface area contributed by atoms with Crippen LogP contribution in [0.1, 0.15) is 16.3 Å². The number of hydrogen-bond donors (Lipinski definition) is 1. The van der Waals surface area contributed by atoms with Crippen molar-refractivity contribution in [2.45, 2.75) is 20.0 Å². The summed E-state index contributed by atoms with van der Waals surface area (Å²) in [5.74, 6) is 1.51. The Bertz CT molecular complexity index is 540. The zero-order valence-electron chi connectivity index (χ0n) is 11.4. The van der Waals surface area contributed by atoms with Gasteiger partial charge in [0.05, 0.1) is 14.2 Å². The van der Waals surface area contributed by atoms with Gasteiger partial charge in [-0.1, -0.05) is 6.07 Å². The van der Waals surface area contributed by atoms with Gasteiger partial charge in [-0.3, -0.25) is 0 Å². The lowest BCUT2D eigenvalue weighted by atomic mass is 10.2. The summed E-state index contributed by atoms with van der Waals surface area (Å²) >= 11 is 1.68. The van der Waals surface area contributed by atoms with Crippen molar-refractivity contribution < 1.29 is 9.47 Å². The van der Waals surface area contributed by atoms with Crippen molar-refractivity contribution in [2.24, 2.45) is 0 Å². The van der Waals surface area contributed by atoms with Gasteiger partial charge in [0.25, 0.3) is 0 Å². The Morgan fingerprint density at radius 1 is 1.16 bits per heavy atom. The van der Waals surface area contributed by atoms with Crippen LogP contribution >= 0.6 is 11.3 Å². The van der Waals surface area contributed by atoms with E-state index in [1.165, 1.54) is 0 Å². The van der Waals surface area contributed by atoms with Crippen LogP contribution in [0.4, 0.5) is 0 Å². The molecular formula is C14H18N2O2S. The van der Waals surface area contributed by atoms with Crippen molar-refractivity contribution in [1.82, 2.24) is 10.3 Å². The highest BCUT2D eigenvalue weighted by Gasteiger charge is 2.04. The molecule has 1 N–H and O–H groups in total. The van der Waals surface area contributed by atoms with E-state index < -0.39 is 0 Å². The molecule has 1 aromatic carbocycles. The highest BCUT2D eigenvalue weighted by molar-refractivity contribution is 7.09. The molecule has 4 nitrogen and oxygen atoms in total. The first-order valence-corrected chi connectivity index (χ1v) is 6.93. The number of thiazole rings is 1. The standard InChI is InChI=1S/C14H18N2O2S/c1-10-9-19-14(16-10)8-15-7-11-4-5-12(17-2)13(6-11)18-3/h4-6,9,15H,7-8H2,1-3H3. The number of benzene rings is 1. The Hall–Kier alpha value is -1.59. The van der Waals surface area contributed by atoms with E-state index in [1.807, 2.05) is 25.1 Å². The van der Waals surface area contributed by atoms with Gasteiger partial charge >= 0.3 is 0 Å². The Morgan fingerprint density at radius 2 is 1.95 bits per heavy atom. The molecule has 2 aromatic rings. The number of aryl methyl sites for hydroxylation is 1. The molecular weight excluding hydrogens is 260 g/mol. The molecule has 0 spiro atoms. The van der Waals surface area contributed by atoms with Crippen LogP contribution in [-0.4, -0.2) is 19.2 Å². The first kappa shape index (κ1) is 13.8. The van der Waals surface area contributed by atoms with E-state index in [9.17, 15) is 0 Å². The molecule has 0 unspecified atom stereocenters. The molecule has 2 rings (SSSR count). The van der Waals surface area contributed by atoms with E-state index in [1.54, 1.807) is 25.6 Å². The number of nitrogens with zero attached hydrogens (tertiary/aromatic N) is 1. The zero-order valence-corrected chi connectivity index (χ0v) is 12.2. The van der Waals surface area contributed by atoms with Gasteiger partial charge in [-0.25, -0.2) is 4.98 Å². The predicted molar refractivity (Wildman–Crippen MR) is 76.9 cm³/mol. The number of aromatic nitrogens is 1. The second kappa shape index (κ2) is 6.54. The van der Waals surface area contributed by atoms with Crippen LogP contribution in [0.15, 0.2) is 23.6 Å². The lowest BCUT2D eigenvalue weighted by Crippen LogP contribution is -2.12. The maximum Gasteiger partial charge on any atom is 0.161 e. The molecule has 0 atom stereocenters. The maximum atomic E-state index is 5.28. The normalized spacial score (nSPS) is 10.5. The molecule has 0 radical (unpaired) electrons. The van der Waals surface area contributed by atoms with Crippen LogP contribution in [-0.2, 0) is 13.1 Å². The quantitative estimate of drug-likeness (QED) is 0.882. The molecule has 0 saturated heterocycles. The Balaban J connectivity index is 1.92. The van der Waals surface area contributed by atoms with Crippen LogP contribution in [0, 0.1) is 6.92 Å². The molecule has 19 heavy (non-hydrogen) atoms. The molecule has 0 fully saturated rings.